The number of nitrogens with two attached hydrogens (primary N) is 1. The highest BCUT2D eigenvalue weighted by molar-refractivity contribution is 7.98. The largest absolute Gasteiger partial charge is 0.363 e. The highest BCUT2D eigenvalue weighted by atomic mass is 35.5. The third-order valence-corrected chi connectivity index (χ3v) is 5.85. The molecule has 0 fully saturated rings. The Morgan fingerprint density at radius 3 is 2.55 bits per heavy atom. The topological polar surface area (TPSA) is 114 Å². The van der Waals surface area contributed by atoms with Crippen molar-refractivity contribution < 1.29 is 9.18 Å². The van der Waals surface area contributed by atoms with Gasteiger partial charge in [0.05, 0.1) is 12.2 Å². The third-order valence-electron chi connectivity index (χ3n) is 4.81. The molecule has 0 spiro atoms. The Morgan fingerprint density at radius 2 is 1.88 bits per heavy atom. The van der Waals surface area contributed by atoms with Crippen LogP contribution >= 0.6 is 23.4 Å². The van der Waals surface area contributed by atoms with Gasteiger partial charge in [0.25, 0.3) is 5.91 Å². The Kier molecular flexibility index (Phi) is 6.61. The van der Waals surface area contributed by atoms with E-state index in [9.17, 15) is 14.0 Å². The first kappa shape index (κ1) is 22.7. The second kappa shape index (κ2) is 9.59. The molecule has 12 heteroatoms. The molecule has 0 atom stereocenters. The van der Waals surface area contributed by atoms with E-state index >= 15 is 0 Å². The molecule has 2 heterocycles. The highest BCUT2D eigenvalue weighted by Gasteiger charge is 2.21. The van der Waals surface area contributed by atoms with Crippen molar-refractivity contribution in [3.63, 3.8) is 0 Å². The van der Waals surface area contributed by atoms with Crippen LogP contribution in [-0.4, -0.2) is 47.9 Å². The molecule has 33 heavy (non-hydrogen) atoms. The summed E-state index contributed by atoms with van der Waals surface area (Å²) in [6.07, 6.45) is 1.90. The smallest absolute Gasteiger partial charge is 0.346 e. The lowest BCUT2D eigenvalue weighted by atomic mass is 10.2. The lowest BCUT2D eigenvalue weighted by Gasteiger charge is -2.07. The van der Waals surface area contributed by atoms with Gasteiger partial charge in [0.15, 0.2) is 11.6 Å². The molecule has 2 aromatic heterocycles. The number of alkyl halides is 1. The van der Waals surface area contributed by atoms with Crippen LogP contribution < -0.4 is 11.4 Å². The van der Waals surface area contributed by atoms with Gasteiger partial charge in [-0.3, -0.25) is 9.36 Å². The van der Waals surface area contributed by atoms with E-state index in [-0.39, 0.29) is 30.6 Å². The molecule has 0 aliphatic heterocycles. The maximum atomic E-state index is 13.2. The number of carbonyl (C=O) groups excluding carboxylic acids is 1. The first-order chi connectivity index (χ1) is 15.9. The molecule has 4 aromatic rings. The summed E-state index contributed by atoms with van der Waals surface area (Å²) in [6.45, 7) is -1.03. The molecule has 0 aliphatic carbocycles. The number of hydrogen-bond acceptors (Lipinski definition) is 6. The van der Waals surface area contributed by atoms with Gasteiger partial charge < -0.3 is 5.73 Å². The predicted molar refractivity (Wildman–Crippen MR) is 124 cm³/mol. The van der Waals surface area contributed by atoms with Crippen LogP contribution in [0.2, 0.25) is 5.02 Å². The van der Waals surface area contributed by atoms with E-state index < -0.39 is 18.3 Å². The third kappa shape index (κ3) is 4.55. The van der Waals surface area contributed by atoms with Gasteiger partial charge in [0.1, 0.15) is 13.2 Å². The lowest BCUT2D eigenvalue weighted by molar-refractivity contribution is 0.0988. The Hall–Kier alpha value is -3.44. The van der Waals surface area contributed by atoms with Crippen LogP contribution in [0.25, 0.3) is 17.1 Å². The van der Waals surface area contributed by atoms with Crippen molar-refractivity contribution in [3.8, 4) is 17.1 Å². The fourth-order valence-corrected chi connectivity index (χ4v) is 4.03. The number of nitrogens with zero attached hydrogens (tertiary/aromatic N) is 6. The summed E-state index contributed by atoms with van der Waals surface area (Å²) in [6, 6.07) is 14.1. The van der Waals surface area contributed by atoms with Gasteiger partial charge in [-0.1, -0.05) is 23.7 Å². The summed E-state index contributed by atoms with van der Waals surface area (Å²) in [7, 11) is 0. The zero-order valence-corrected chi connectivity index (χ0v) is 19.1. The number of thioether (sulfide) groups is 1. The standard InChI is InChI=1S/C21H19ClFN7O2S/c1-33-16-5-3-2-4-15(16)30-20(18(24)31)25-17(26-30)12-29-21(32)28(11-10-23)19(27-29)13-6-8-14(22)9-7-13/h2-9H,10-12H2,1H3,(H2,24,31). The second-order valence-corrected chi connectivity index (χ2v) is 8.20. The molecule has 2 aromatic carbocycles. The number of benzene rings is 2. The minimum Gasteiger partial charge on any atom is -0.363 e. The summed E-state index contributed by atoms with van der Waals surface area (Å²) in [4.78, 5) is 30.1. The van der Waals surface area contributed by atoms with Gasteiger partial charge in [-0.05, 0) is 42.7 Å². The molecule has 0 aliphatic rings. The highest BCUT2D eigenvalue weighted by Crippen LogP contribution is 2.24. The monoisotopic (exact) mass is 487 g/mol. The molecule has 0 bridgehead atoms. The summed E-state index contributed by atoms with van der Waals surface area (Å²) in [5, 5.41) is 9.29. The van der Waals surface area contributed by atoms with E-state index in [1.54, 1.807) is 30.3 Å². The Balaban J connectivity index is 1.77. The van der Waals surface area contributed by atoms with Crippen molar-refractivity contribution >= 4 is 29.3 Å². The van der Waals surface area contributed by atoms with Gasteiger partial charge in [-0.2, -0.15) is 0 Å². The van der Waals surface area contributed by atoms with Gasteiger partial charge in [-0.15, -0.1) is 22.0 Å². The molecule has 1 amide bonds. The van der Waals surface area contributed by atoms with Crippen molar-refractivity contribution in [3.05, 3.63) is 75.7 Å². The minimum atomic E-state index is -0.762. The van der Waals surface area contributed by atoms with Gasteiger partial charge in [0.2, 0.25) is 5.82 Å². The molecular weight excluding hydrogens is 469 g/mol. The molecule has 0 saturated heterocycles. The molecule has 9 nitrogen and oxygen atoms in total. The lowest BCUT2D eigenvalue weighted by Crippen LogP contribution is -2.26. The Morgan fingerprint density at radius 1 is 1.15 bits per heavy atom. The Bertz CT molecular complexity index is 1360. The molecule has 0 unspecified atom stereocenters. The zero-order valence-electron chi connectivity index (χ0n) is 17.5. The molecular formula is C21H19ClFN7O2S. The van der Waals surface area contributed by atoms with Gasteiger partial charge in [0, 0.05) is 15.5 Å². The van der Waals surface area contributed by atoms with Crippen LogP contribution in [0.3, 0.4) is 0 Å². The van der Waals surface area contributed by atoms with Crippen molar-refractivity contribution in [2.45, 2.75) is 18.0 Å². The normalized spacial score (nSPS) is 11.1. The molecule has 2 N–H and O–H groups in total. The maximum Gasteiger partial charge on any atom is 0.346 e. The first-order valence-electron chi connectivity index (χ1n) is 9.81. The van der Waals surface area contributed by atoms with E-state index in [4.69, 9.17) is 17.3 Å². The summed E-state index contributed by atoms with van der Waals surface area (Å²) >= 11 is 7.43. The van der Waals surface area contributed by atoms with E-state index in [0.717, 1.165) is 9.58 Å². The van der Waals surface area contributed by atoms with E-state index in [0.29, 0.717) is 16.3 Å². The summed E-state index contributed by atoms with van der Waals surface area (Å²) < 4.78 is 16.9. The van der Waals surface area contributed by atoms with E-state index in [2.05, 4.69) is 15.2 Å². The second-order valence-electron chi connectivity index (χ2n) is 6.91. The van der Waals surface area contributed by atoms with E-state index in [1.165, 1.54) is 21.0 Å². The van der Waals surface area contributed by atoms with Crippen LogP contribution in [0, 0.1) is 0 Å². The fourth-order valence-electron chi connectivity index (χ4n) is 3.33. The fraction of sp³-hybridized carbons (Fsp3) is 0.190. The number of halogens is 2. The number of hydrogen-bond donors (Lipinski definition) is 1. The first-order valence-corrected chi connectivity index (χ1v) is 11.4. The molecule has 170 valence electrons. The Labute approximate surface area is 197 Å². The van der Waals surface area contributed by atoms with Crippen LogP contribution in [-0.2, 0) is 13.1 Å². The predicted octanol–water partition coefficient (Wildman–Crippen LogP) is 2.78. The van der Waals surface area contributed by atoms with Crippen LogP contribution in [0.5, 0.6) is 0 Å². The van der Waals surface area contributed by atoms with Crippen molar-refractivity contribution in [2.75, 3.05) is 12.9 Å². The van der Waals surface area contributed by atoms with Crippen molar-refractivity contribution in [1.29, 1.82) is 0 Å². The summed E-state index contributed by atoms with van der Waals surface area (Å²) in [5.41, 5.74) is 6.24. The zero-order chi connectivity index (χ0) is 23.5. The van der Waals surface area contributed by atoms with Gasteiger partial charge in [-0.25, -0.2) is 23.5 Å². The average molecular weight is 488 g/mol. The number of primary amides is 1. The number of carbonyl (C=O) groups is 1. The number of rotatable bonds is 8. The SMILES string of the molecule is CSc1ccccc1-n1nc(Cn2nc(-c3ccc(Cl)cc3)n(CCF)c2=O)nc1C(N)=O. The van der Waals surface area contributed by atoms with Crippen molar-refractivity contribution in [2.24, 2.45) is 5.73 Å². The quantitative estimate of drug-likeness (QED) is 0.382. The van der Waals surface area contributed by atoms with Crippen LogP contribution in [0.4, 0.5) is 4.39 Å². The van der Waals surface area contributed by atoms with Crippen LogP contribution in [0.1, 0.15) is 16.4 Å². The van der Waals surface area contributed by atoms with Crippen molar-refractivity contribution in [1.82, 2.24) is 29.1 Å². The number of amides is 1. The van der Waals surface area contributed by atoms with Gasteiger partial charge >= 0.3 is 5.69 Å². The maximum absolute atomic E-state index is 13.2. The average Bonchev–Trinajstić information content (AvgIpc) is 3.37. The number of para-hydroxylation sites is 1. The molecule has 0 radical (unpaired) electrons. The summed E-state index contributed by atoms with van der Waals surface area (Å²) in [5.74, 6) is -0.381. The molecule has 0 saturated carbocycles. The minimum absolute atomic E-state index is 0.0688. The van der Waals surface area contributed by atoms with Crippen LogP contribution in [0.15, 0.2) is 58.2 Å². The van der Waals surface area contributed by atoms with E-state index in [1.807, 2.05) is 24.5 Å². The number of aromatic nitrogens is 6. The molecule has 4 rings (SSSR count).